The normalized spacial score (nSPS) is 9.38. The topological polar surface area (TPSA) is 22.1 Å². The molecule has 80 valence electrons. The van der Waals surface area contributed by atoms with E-state index in [9.17, 15) is 4.39 Å². The Bertz CT molecular complexity index is 553. The van der Waals surface area contributed by atoms with Crippen LogP contribution in [0.25, 0.3) is 0 Å². The number of nitrogens with zero attached hydrogens (tertiary/aromatic N) is 1. The molecule has 0 unspecified atom stereocenters. The summed E-state index contributed by atoms with van der Waals surface area (Å²) in [6.45, 7) is 0. The number of rotatable bonds is 1. The Labute approximate surface area is 96.7 Å². The zero-order valence-electron chi connectivity index (χ0n) is 8.53. The third kappa shape index (κ3) is 2.59. The summed E-state index contributed by atoms with van der Waals surface area (Å²) in [4.78, 5) is 3.62. The van der Waals surface area contributed by atoms with E-state index in [4.69, 9.17) is 4.74 Å². The van der Waals surface area contributed by atoms with Gasteiger partial charge in [0.05, 0.1) is 7.11 Å². The van der Waals surface area contributed by atoms with Crippen molar-refractivity contribution in [2.24, 2.45) is 0 Å². The Morgan fingerprint density at radius 1 is 1.38 bits per heavy atom. The van der Waals surface area contributed by atoms with Crippen molar-refractivity contribution in [3.05, 3.63) is 46.2 Å². The first kappa shape index (κ1) is 10.7. The summed E-state index contributed by atoms with van der Waals surface area (Å²) < 4.78 is 17.7. The molecule has 0 aliphatic heterocycles. The Balaban J connectivity index is 2.23. The molecule has 0 saturated heterocycles. The number of thiazole rings is 1. The zero-order chi connectivity index (χ0) is 11.4. The smallest absolute Gasteiger partial charge is 0.270 e. The van der Waals surface area contributed by atoms with Gasteiger partial charge >= 0.3 is 0 Å². The molecular formula is C12H8FNOS. The molecule has 1 aromatic carbocycles. The van der Waals surface area contributed by atoms with Crippen molar-refractivity contribution in [1.82, 2.24) is 4.98 Å². The first-order valence-corrected chi connectivity index (χ1v) is 5.43. The van der Waals surface area contributed by atoms with E-state index in [0.717, 1.165) is 22.6 Å². The van der Waals surface area contributed by atoms with Crippen molar-refractivity contribution in [2.45, 2.75) is 0 Å². The second-order valence-corrected chi connectivity index (χ2v) is 3.78. The van der Waals surface area contributed by atoms with Crippen molar-refractivity contribution in [1.29, 1.82) is 0 Å². The van der Waals surface area contributed by atoms with Crippen molar-refractivity contribution in [3.8, 4) is 17.6 Å². The minimum absolute atomic E-state index is 0.449. The summed E-state index contributed by atoms with van der Waals surface area (Å²) in [5, 5.41) is 1.12. The van der Waals surface area contributed by atoms with E-state index >= 15 is 0 Å². The Hall–Kier alpha value is -1.86. The van der Waals surface area contributed by atoms with Crippen molar-refractivity contribution in [2.75, 3.05) is 7.11 Å². The Morgan fingerprint density at radius 2 is 2.25 bits per heavy atom. The summed E-state index contributed by atoms with van der Waals surface area (Å²) in [6, 6.07) is 7.37. The summed E-state index contributed by atoms with van der Waals surface area (Å²) >= 11 is 0.942. The highest BCUT2D eigenvalue weighted by molar-refractivity contribution is 7.08. The predicted octanol–water partition coefficient (Wildman–Crippen LogP) is 2.69. The van der Waals surface area contributed by atoms with Gasteiger partial charge in [0, 0.05) is 10.9 Å². The van der Waals surface area contributed by atoms with Gasteiger partial charge in [0.1, 0.15) is 11.4 Å². The summed E-state index contributed by atoms with van der Waals surface area (Å²) in [7, 11) is 1.60. The van der Waals surface area contributed by atoms with Gasteiger partial charge in [-0.25, -0.2) is 4.98 Å². The van der Waals surface area contributed by atoms with E-state index in [2.05, 4.69) is 16.8 Å². The fraction of sp³-hybridized carbons (Fsp3) is 0.0833. The van der Waals surface area contributed by atoms with Gasteiger partial charge in [-0.2, -0.15) is 4.39 Å². The van der Waals surface area contributed by atoms with Crippen LogP contribution in [-0.4, -0.2) is 12.1 Å². The molecular weight excluding hydrogens is 224 g/mol. The van der Waals surface area contributed by atoms with Crippen LogP contribution in [0.2, 0.25) is 0 Å². The lowest BCUT2D eigenvalue weighted by molar-refractivity contribution is 0.414. The minimum atomic E-state index is -0.463. The number of methoxy groups -OCH3 is 1. The molecule has 16 heavy (non-hydrogen) atoms. The number of halogens is 1. The second-order valence-electron chi connectivity index (χ2n) is 2.97. The van der Waals surface area contributed by atoms with Gasteiger partial charge < -0.3 is 4.74 Å². The highest BCUT2D eigenvalue weighted by atomic mass is 32.1. The number of aromatic nitrogens is 1. The molecule has 1 heterocycles. The quantitative estimate of drug-likeness (QED) is 0.705. The van der Waals surface area contributed by atoms with Crippen LogP contribution in [0.4, 0.5) is 4.39 Å². The van der Waals surface area contributed by atoms with Crippen LogP contribution < -0.4 is 4.74 Å². The van der Waals surface area contributed by atoms with Crippen LogP contribution in [0.3, 0.4) is 0 Å². The molecule has 1 aromatic heterocycles. The van der Waals surface area contributed by atoms with Gasteiger partial charge in [-0.1, -0.05) is 23.3 Å². The minimum Gasteiger partial charge on any atom is -0.497 e. The molecule has 0 amide bonds. The van der Waals surface area contributed by atoms with Gasteiger partial charge in [-0.3, -0.25) is 0 Å². The van der Waals surface area contributed by atoms with Gasteiger partial charge in [-0.15, -0.1) is 0 Å². The lowest BCUT2D eigenvalue weighted by Crippen LogP contribution is -1.83. The van der Waals surface area contributed by atoms with E-state index < -0.39 is 5.26 Å². The first-order valence-electron chi connectivity index (χ1n) is 4.55. The average Bonchev–Trinajstić information content (AvgIpc) is 2.73. The maximum atomic E-state index is 12.6. The van der Waals surface area contributed by atoms with E-state index in [-0.39, 0.29) is 0 Å². The maximum Gasteiger partial charge on any atom is 0.270 e. The molecule has 0 radical (unpaired) electrons. The molecule has 0 fully saturated rings. The fourth-order valence-electron chi connectivity index (χ4n) is 1.15. The Kier molecular flexibility index (Phi) is 3.18. The summed E-state index contributed by atoms with van der Waals surface area (Å²) in [5.41, 5.74) is 1.26. The predicted molar refractivity (Wildman–Crippen MR) is 61.0 cm³/mol. The maximum absolute atomic E-state index is 12.6. The van der Waals surface area contributed by atoms with Crippen LogP contribution in [-0.2, 0) is 0 Å². The van der Waals surface area contributed by atoms with Crippen molar-refractivity contribution < 1.29 is 9.13 Å². The molecule has 2 nitrogen and oxygen atoms in total. The van der Waals surface area contributed by atoms with Gasteiger partial charge in [0.2, 0.25) is 0 Å². The van der Waals surface area contributed by atoms with E-state index in [0.29, 0.717) is 5.69 Å². The van der Waals surface area contributed by atoms with E-state index in [1.807, 2.05) is 24.3 Å². The zero-order valence-corrected chi connectivity index (χ0v) is 9.34. The van der Waals surface area contributed by atoms with Gasteiger partial charge in [0.25, 0.3) is 5.26 Å². The molecule has 0 N–H and O–H groups in total. The third-order valence-corrected chi connectivity index (χ3v) is 2.51. The summed E-state index contributed by atoms with van der Waals surface area (Å²) in [6.07, 6.45) is 0. The fourth-order valence-corrected chi connectivity index (χ4v) is 1.62. The first-order chi connectivity index (χ1) is 7.78. The van der Waals surface area contributed by atoms with Gasteiger partial charge in [-0.05, 0) is 24.1 Å². The molecule has 0 atom stereocenters. The molecule has 0 aliphatic carbocycles. The van der Waals surface area contributed by atoms with Crippen LogP contribution in [0.5, 0.6) is 5.75 Å². The van der Waals surface area contributed by atoms with Crippen molar-refractivity contribution >= 4 is 11.3 Å². The molecule has 0 saturated carbocycles. The van der Waals surface area contributed by atoms with Crippen LogP contribution in [0, 0.1) is 17.1 Å². The second kappa shape index (κ2) is 4.77. The average molecular weight is 232 g/mol. The van der Waals surface area contributed by atoms with Crippen LogP contribution in [0.15, 0.2) is 29.6 Å². The van der Waals surface area contributed by atoms with Gasteiger partial charge in [0.15, 0.2) is 0 Å². The number of hydrogen-bond acceptors (Lipinski definition) is 3. The largest absolute Gasteiger partial charge is 0.497 e. The van der Waals surface area contributed by atoms with Crippen molar-refractivity contribution in [3.63, 3.8) is 0 Å². The lowest BCUT2D eigenvalue weighted by atomic mass is 10.2. The third-order valence-electron chi connectivity index (χ3n) is 1.88. The number of hydrogen-bond donors (Lipinski definition) is 0. The standard InChI is InChI=1S/C12H8FNOS/c1-15-11-4-2-3-9(7-11)5-6-10-8-16-12(13)14-10/h2-4,7-8H,1H3/i13-1. The molecule has 0 bridgehead atoms. The van der Waals surface area contributed by atoms with Crippen LogP contribution >= 0.6 is 11.3 Å². The lowest BCUT2D eigenvalue weighted by Gasteiger charge is -1.97. The van der Waals surface area contributed by atoms with E-state index in [1.54, 1.807) is 12.5 Å². The summed E-state index contributed by atoms with van der Waals surface area (Å²) in [5.74, 6) is 6.43. The Morgan fingerprint density at radius 3 is 2.94 bits per heavy atom. The highest BCUT2D eigenvalue weighted by Gasteiger charge is 1.96. The number of benzene rings is 1. The molecule has 2 aromatic rings. The van der Waals surface area contributed by atoms with E-state index in [1.165, 1.54) is 0 Å². The monoisotopic (exact) mass is 232 g/mol. The highest BCUT2D eigenvalue weighted by Crippen LogP contribution is 2.12. The van der Waals surface area contributed by atoms with Crippen LogP contribution in [0.1, 0.15) is 11.3 Å². The SMILES string of the molecule is COc1cccc(C#Cc2csc([18F])n2)c1. The molecule has 0 aliphatic rings. The molecule has 4 heteroatoms. The molecule has 0 spiro atoms. The molecule has 2 rings (SSSR count). The number of ether oxygens (including phenoxy) is 1.